The zero-order valence-electron chi connectivity index (χ0n) is 12.1. The van der Waals surface area contributed by atoms with Crippen LogP contribution >= 0.6 is 23.1 Å². The first-order chi connectivity index (χ1) is 10.6. The summed E-state index contributed by atoms with van der Waals surface area (Å²) in [5.41, 5.74) is 0.597. The number of ether oxygens (including phenoxy) is 2. The number of amides is 1. The summed E-state index contributed by atoms with van der Waals surface area (Å²) in [5, 5.41) is 2.75. The number of anilines is 1. The summed E-state index contributed by atoms with van der Waals surface area (Å²) in [6.07, 6.45) is 1.88. The molecule has 2 rings (SSSR count). The molecule has 7 heteroatoms. The van der Waals surface area contributed by atoms with Crippen molar-refractivity contribution in [2.24, 2.45) is 0 Å². The fraction of sp³-hybridized carbons (Fsp3) is 0.200. The fourth-order valence-corrected chi connectivity index (χ4v) is 3.36. The molecule has 1 amide bonds. The van der Waals surface area contributed by atoms with Crippen molar-refractivity contribution in [2.45, 2.75) is 4.21 Å². The second-order valence-electron chi connectivity index (χ2n) is 4.16. The Kier molecular flexibility index (Phi) is 5.85. The Morgan fingerprint density at radius 3 is 2.64 bits per heavy atom. The highest BCUT2D eigenvalue weighted by Crippen LogP contribution is 2.35. The molecule has 1 aromatic heterocycles. The molecule has 0 unspecified atom stereocenters. The Bertz CT molecular complexity index is 655. The van der Waals surface area contributed by atoms with Gasteiger partial charge in [0, 0.05) is 0 Å². The number of thioether (sulfide) groups is 1. The number of hydrogen-bond acceptors (Lipinski definition) is 6. The van der Waals surface area contributed by atoms with Gasteiger partial charge in [-0.05, 0) is 24.5 Å². The molecule has 1 heterocycles. The van der Waals surface area contributed by atoms with Crippen LogP contribution in [0.4, 0.5) is 5.69 Å². The number of benzene rings is 1. The molecule has 0 radical (unpaired) electrons. The monoisotopic (exact) mass is 337 g/mol. The van der Waals surface area contributed by atoms with Gasteiger partial charge in [0.2, 0.25) is 0 Å². The molecular formula is C15H15NO4S2. The second-order valence-corrected chi connectivity index (χ2v) is 6.28. The number of esters is 1. The summed E-state index contributed by atoms with van der Waals surface area (Å²) < 4.78 is 10.9. The zero-order chi connectivity index (χ0) is 15.9. The molecule has 0 fully saturated rings. The number of carbonyl (C=O) groups is 2. The fourth-order valence-electron chi connectivity index (χ4n) is 1.67. The number of methoxy groups -OCH3 is 1. The Hall–Kier alpha value is -1.99. The van der Waals surface area contributed by atoms with Gasteiger partial charge in [0.1, 0.15) is 10.6 Å². The second kappa shape index (κ2) is 7.86. The quantitative estimate of drug-likeness (QED) is 0.647. The van der Waals surface area contributed by atoms with E-state index in [4.69, 9.17) is 4.74 Å². The lowest BCUT2D eigenvalue weighted by Crippen LogP contribution is -2.20. The van der Waals surface area contributed by atoms with E-state index in [1.807, 2.05) is 24.5 Å². The third kappa shape index (κ3) is 4.25. The molecule has 0 bridgehead atoms. The third-order valence-corrected chi connectivity index (χ3v) is 4.91. The Morgan fingerprint density at radius 2 is 2.00 bits per heavy atom. The smallest absolute Gasteiger partial charge is 0.348 e. The molecule has 0 spiro atoms. The van der Waals surface area contributed by atoms with Gasteiger partial charge in [0.25, 0.3) is 5.91 Å². The minimum absolute atomic E-state index is 0.0960. The topological polar surface area (TPSA) is 64.6 Å². The van der Waals surface area contributed by atoms with Crippen LogP contribution in [0.15, 0.2) is 40.6 Å². The van der Waals surface area contributed by atoms with E-state index in [0.29, 0.717) is 16.3 Å². The first-order valence-corrected chi connectivity index (χ1v) is 8.42. The van der Waals surface area contributed by atoms with E-state index in [-0.39, 0.29) is 12.5 Å². The van der Waals surface area contributed by atoms with Gasteiger partial charge in [-0.15, -0.1) is 23.1 Å². The van der Waals surface area contributed by atoms with Gasteiger partial charge in [0.15, 0.2) is 6.61 Å². The summed E-state index contributed by atoms with van der Waals surface area (Å²) in [7, 11) is 1.33. The van der Waals surface area contributed by atoms with E-state index in [0.717, 1.165) is 4.21 Å². The molecular weight excluding hydrogens is 322 g/mol. The summed E-state index contributed by atoms with van der Waals surface area (Å²) in [4.78, 5) is 23.9. The molecule has 5 nitrogen and oxygen atoms in total. The molecule has 2 aromatic rings. The van der Waals surface area contributed by atoms with Gasteiger partial charge >= 0.3 is 5.97 Å². The molecule has 0 aliphatic rings. The predicted molar refractivity (Wildman–Crippen MR) is 88.0 cm³/mol. The minimum atomic E-state index is -0.415. The van der Waals surface area contributed by atoms with Crippen LogP contribution in [0.2, 0.25) is 0 Å². The molecule has 22 heavy (non-hydrogen) atoms. The average Bonchev–Trinajstić information content (AvgIpc) is 2.96. The van der Waals surface area contributed by atoms with Gasteiger partial charge in [-0.25, -0.2) is 4.79 Å². The van der Waals surface area contributed by atoms with Gasteiger partial charge in [-0.1, -0.05) is 18.2 Å². The highest BCUT2D eigenvalue weighted by atomic mass is 32.2. The van der Waals surface area contributed by atoms with Crippen LogP contribution in [-0.4, -0.2) is 31.8 Å². The first-order valence-electron chi connectivity index (χ1n) is 6.38. The number of nitrogens with one attached hydrogen (secondary N) is 1. The van der Waals surface area contributed by atoms with Crippen molar-refractivity contribution in [3.05, 3.63) is 41.3 Å². The van der Waals surface area contributed by atoms with Crippen molar-refractivity contribution in [3.63, 3.8) is 0 Å². The third-order valence-electron chi connectivity index (χ3n) is 2.66. The Balaban J connectivity index is 1.98. The van der Waals surface area contributed by atoms with Crippen molar-refractivity contribution in [1.29, 1.82) is 0 Å². The van der Waals surface area contributed by atoms with Gasteiger partial charge in [-0.3, -0.25) is 4.79 Å². The average molecular weight is 337 g/mol. The maximum Gasteiger partial charge on any atom is 0.348 e. The summed E-state index contributed by atoms with van der Waals surface area (Å²) in [6.45, 7) is -0.0960. The lowest BCUT2D eigenvalue weighted by molar-refractivity contribution is -0.118. The lowest BCUT2D eigenvalue weighted by atomic mass is 10.3. The van der Waals surface area contributed by atoms with E-state index >= 15 is 0 Å². The lowest BCUT2D eigenvalue weighted by Gasteiger charge is -2.07. The largest absolute Gasteiger partial charge is 0.484 e. The number of thiophene rings is 1. The summed E-state index contributed by atoms with van der Waals surface area (Å²) >= 11 is 2.74. The molecule has 0 saturated heterocycles. The maximum atomic E-state index is 11.9. The highest BCUT2D eigenvalue weighted by molar-refractivity contribution is 8.00. The normalized spacial score (nSPS) is 10.1. The van der Waals surface area contributed by atoms with Gasteiger partial charge in [0.05, 0.1) is 17.0 Å². The van der Waals surface area contributed by atoms with E-state index in [1.54, 1.807) is 18.2 Å². The van der Waals surface area contributed by atoms with E-state index in [1.165, 1.54) is 30.2 Å². The van der Waals surface area contributed by atoms with E-state index < -0.39 is 5.97 Å². The Morgan fingerprint density at radius 1 is 1.27 bits per heavy atom. The van der Waals surface area contributed by atoms with E-state index in [9.17, 15) is 9.59 Å². The zero-order valence-corrected chi connectivity index (χ0v) is 13.8. The molecule has 0 atom stereocenters. The maximum absolute atomic E-state index is 11.9. The minimum Gasteiger partial charge on any atom is -0.484 e. The van der Waals surface area contributed by atoms with Gasteiger partial charge in [-0.2, -0.15) is 0 Å². The number of rotatable bonds is 6. The van der Waals surface area contributed by atoms with Crippen LogP contribution in [0.25, 0.3) is 0 Å². The standard InChI is InChI=1S/C15H15NO4S2/c1-19-14(18)12-8-11(15(21-2)22-12)16-13(17)9-20-10-6-4-3-5-7-10/h3-8H,9H2,1-2H3,(H,16,17). The van der Waals surface area contributed by atoms with Crippen molar-refractivity contribution in [2.75, 3.05) is 25.3 Å². The van der Waals surface area contributed by atoms with Crippen LogP contribution < -0.4 is 10.1 Å². The first kappa shape index (κ1) is 16.4. The van der Waals surface area contributed by atoms with Gasteiger partial charge < -0.3 is 14.8 Å². The molecule has 116 valence electrons. The Labute approximate surface area is 136 Å². The van der Waals surface area contributed by atoms with Crippen molar-refractivity contribution in [3.8, 4) is 5.75 Å². The molecule has 0 saturated carbocycles. The number of para-hydroxylation sites is 1. The van der Waals surface area contributed by atoms with Crippen LogP contribution in [0.1, 0.15) is 9.67 Å². The summed E-state index contributed by atoms with van der Waals surface area (Å²) in [5.74, 6) is -0.0713. The highest BCUT2D eigenvalue weighted by Gasteiger charge is 2.16. The molecule has 0 aliphatic carbocycles. The predicted octanol–water partition coefficient (Wildman–Crippen LogP) is 3.27. The van der Waals surface area contributed by atoms with Crippen molar-refractivity contribution in [1.82, 2.24) is 0 Å². The number of hydrogen-bond donors (Lipinski definition) is 1. The number of carbonyl (C=O) groups excluding carboxylic acids is 2. The SMILES string of the molecule is COC(=O)c1cc(NC(=O)COc2ccccc2)c(SC)s1. The van der Waals surface area contributed by atoms with Crippen LogP contribution in [-0.2, 0) is 9.53 Å². The van der Waals surface area contributed by atoms with Crippen LogP contribution in [0.5, 0.6) is 5.75 Å². The molecule has 1 N–H and O–H groups in total. The van der Waals surface area contributed by atoms with Crippen LogP contribution in [0, 0.1) is 0 Å². The van der Waals surface area contributed by atoms with E-state index in [2.05, 4.69) is 10.1 Å². The molecule has 0 aliphatic heterocycles. The summed E-state index contributed by atoms with van der Waals surface area (Å²) in [6, 6.07) is 10.7. The van der Waals surface area contributed by atoms with Crippen molar-refractivity contribution < 1.29 is 19.1 Å². The van der Waals surface area contributed by atoms with Crippen molar-refractivity contribution >= 4 is 40.7 Å². The molecule has 1 aromatic carbocycles. The van der Waals surface area contributed by atoms with Crippen LogP contribution in [0.3, 0.4) is 0 Å².